The van der Waals surface area contributed by atoms with E-state index in [1.54, 1.807) is 0 Å². The average Bonchev–Trinajstić information content (AvgIpc) is 3.14. The number of rotatable bonds is 4. The lowest BCUT2D eigenvalue weighted by Gasteiger charge is -2.63. The van der Waals surface area contributed by atoms with Gasteiger partial charge in [-0.05, 0) is 99.7 Å². The third kappa shape index (κ3) is 4.40. The smallest absolute Gasteiger partial charge is 0.303 e. The Hall–Kier alpha value is -0.980. The highest BCUT2D eigenvalue weighted by atomic mass is 16.5. The number of hydrogen-bond acceptors (Lipinski definition) is 6. The van der Waals surface area contributed by atoms with Crippen LogP contribution >= 0.6 is 0 Å². The second-order valence-corrected chi connectivity index (χ2v) is 13.7. The number of carbonyl (C=O) groups excluding carboxylic acids is 2. The van der Waals surface area contributed by atoms with E-state index in [-0.39, 0.29) is 52.9 Å². The fourth-order valence-corrected chi connectivity index (χ4v) is 9.79. The number of ketones is 1. The van der Waals surface area contributed by atoms with Gasteiger partial charge in [0.05, 0.1) is 18.3 Å². The lowest BCUT2D eigenvalue weighted by Crippen LogP contribution is -2.62. The minimum absolute atomic E-state index is 0.0230. The van der Waals surface area contributed by atoms with Crippen molar-refractivity contribution in [3.05, 3.63) is 0 Å². The highest BCUT2D eigenvalue weighted by Crippen LogP contribution is 2.67. The number of carbonyl (C=O) groups is 2. The summed E-state index contributed by atoms with van der Waals surface area (Å²) in [6.45, 7) is 13.1. The van der Waals surface area contributed by atoms with E-state index >= 15 is 0 Å². The lowest BCUT2D eigenvalue weighted by atomic mass is 9.44. The van der Waals surface area contributed by atoms with Crippen molar-refractivity contribution < 1.29 is 24.2 Å². The van der Waals surface area contributed by atoms with Crippen molar-refractivity contribution >= 4 is 11.8 Å². The quantitative estimate of drug-likeness (QED) is 0.596. The van der Waals surface area contributed by atoms with Gasteiger partial charge in [0, 0.05) is 32.0 Å². The van der Waals surface area contributed by atoms with Crippen LogP contribution in [0.25, 0.3) is 0 Å². The number of aliphatic hydroxyl groups excluding tert-OH is 1. The highest BCUT2D eigenvalue weighted by Gasteiger charge is 2.62. The molecule has 198 valence electrons. The number of fused-ring (bicyclic) bond motifs is 5. The predicted molar refractivity (Wildman–Crippen MR) is 134 cm³/mol. The molecule has 4 saturated carbocycles. The molecule has 0 unspecified atom stereocenters. The zero-order chi connectivity index (χ0) is 25.2. The summed E-state index contributed by atoms with van der Waals surface area (Å²) >= 11 is 0. The second-order valence-electron chi connectivity index (χ2n) is 13.7. The van der Waals surface area contributed by atoms with Crippen molar-refractivity contribution in [3.63, 3.8) is 0 Å². The summed E-state index contributed by atoms with van der Waals surface area (Å²) in [5.74, 6) is 2.29. The van der Waals surface area contributed by atoms with Crippen molar-refractivity contribution in [1.29, 1.82) is 0 Å². The predicted octanol–water partition coefficient (Wildman–Crippen LogP) is 4.23. The Morgan fingerprint density at radius 1 is 1.03 bits per heavy atom. The van der Waals surface area contributed by atoms with E-state index in [1.807, 2.05) is 0 Å². The molecule has 1 N–H and O–H groups in total. The van der Waals surface area contributed by atoms with Gasteiger partial charge in [0.2, 0.25) is 0 Å². The minimum Gasteiger partial charge on any atom is -0.458 e. The number of hydrogen-bond donors (Lipinski definition) is 1. The fraction of sp³-hybridized carbons (Fsp3) is 0.931. The largest absolute Gasteiger partial charge is 0.458 e. The van der Waals surface area contributed by atoms with Gasteiger partial charge in [0.25, 0.3) is 0 Å². The standard InChI is InChI=1S/C29H47NO5/c1-18(31)34-16-26(33)23-9-8-21-20-7-6-19-14-25(32)24(30-12-13-35-27(2,3)17-30)15-29(19,5)22(20)10-11-28(21,23)4/h19-25,32H,6-17H2,1-5H3/t19-,20-,21-,22-,23+,24-,25-,28-,29-/m0/s1. The van der Waals surface area contributed by atoms with Crippen LogP contribution in [-0.2, 0) is 19.1 Å². The molecule has 35 heavy (non-hydrogen) atoms. The maximum absolute atomic E-state index is 13.0. The summed E-state index contributed by atoms with van der Waals surface area (Å²) in [7, 11) is 0. The first-order valence-corrected chi connectivity index (χ1v) is 14.2. The van der Waals surface area contributed by atoms with Crippen LogP contribution in [0.2, 0.25) is 0 Å². The fourth-order valence-electron chi connectivity index (χ4n) is 9.79. The summed E-state index contributed by atoms with van der Waals surface area (Å²) in [5.41, 5.74) is 0.120. The molecule has 0 radical (unpaired) electrons. The molecule has 5 fully saturated rings. The third-order valence-corrected chi connectivity index (χ3v) is 11.4. The van der Waals surface area contributed by atoms with Crippen molar-refractivity contribution in [1.82, 2.24) is 4.90 Å². The van der Waals surface area contributed by atoms with E-state index in [1.165, 1.54) is 26.2 Å². The summed E-state index contributed by atoms with van der Waals surface area (Å²) in [4.78, 5) is 26.8. The first-order chi connectivity index (χ1) is 16.4. The molecule has 1 heterocycles. The molecule has 0 aromatic heterocycles. The first kappa shape index (κ1) is 25.7. The van der Waals surface area contributed by atoms with Gasteiger partial charge in [0.15, 0.2) is 5.78 Å². The maximum Gasteiger partial charge on any atom is 0.303 e. The number of morpholine rings is 1. The monoisotopic (exact) mass is 489 g/mol. The van der Waals surface area contributed by atoms with Gasteiger partial charge >= 0.3 is 5.97 Å². The molecule has 0 aromatic carbocycles. The van der Waals surface area contributed by atoms with Crippen molar-refractivity contribution in [2.75, 3.05) is 26.3 Å². The molecule has 0 aromatic rings. The molecule has 1 saturated heterocycles. The molecule has 5 aliphatic rings. The van der Waals surface area contributed by atoms with Crippen LogP contribution in [0.4, 0.5) is 0 Å². The van der Waals surface area contributed by atoms with E-state index < -0.39 is 0 Å². The Bertz CT molecular complexity index is 843. The second kappa shape index (κ2) is 9.09. The van der Waals surface area contributed by atoms with E-state index in [0.29, 0.717) is 23.7 Å². The molecule has 0 amide bonds. The van der Waals surface area contributed by atoms with E-state index in [9.17, 15) is 14.7 Å². The van der Waals surface area contributed by atoms with Crippen LogP contribution < -0.4 is 0 Å². The average molecular weight is 490 g/mol. The lowest BCUT2D eigenvalue weighted by molar-refractivity contribution is -0.170. The Balaban J connectivity index is 1.34. The van der Waals surface area contributed by atoms with Crippen LogP contribution in [0.15, 0.2) is 0 Å². The SMILES string of the molecule is CC(=O)OCC(=O)[C@H]1CC[C@H]2[C@@H]3CC[C@H]4C[C@H](O)[C@@H](N5CCOC(C)(C)C5)C[C@]4(C)[C@H]3CC[C@]12C. The molecule has 4 aliphatic carbocycles. The Morgan fingerprint density at radius 3 is 2.49 bits per heavy atom. The van der Waals surface area contributed by atoms with Crippen LogP contribution in [-0.4, -0.2) is 65.8 Å². The van der Waals surface area contributed by atoms with Crippen molar-refractivity contribution in [2.24, 2.45) is 40.4 Å². The van der Waals surface area contributed by atoms with Gasteiger partial charge in [-0.3, -0.25) is 14.5 Å². The number of Topliss-reactive ketones (excluding diaryl/α,β-unsaturated/α-hetero) is 1. The topological polar surface area (TPSA) is 76.1 Å². The van der Waals surface area contributed by atoms with Gasteiger partial charge in [0.1, 0.15) is 6.61 Å². The molecular formula is C29H47NO5. The van der Waals surface area contributed by atoms with E-state index in [0.717, 1.165) is 51.8 Å². The molecule has 0 bridgehead atoms. The summed E-state index contributed by atoms with van der Waals surface area (Å²) in [6, 6.07) is 0.216. The number of ether oxygens (including phenoxy) is 2. The third-order valence-electron chi connectivity index (χ3n) is 11.4. The number of esters is 1. The van der Waals surface area contributed by atoms with Crippen LogP contribution in [0, 0.1) is 40.4 Å². The van der Waals surface area contributed by atoms with Crippen LogP contribution in [0.3, 0.4) is 0 Å². The molecule has 6 heteroatoms. The van der Waals surface area contributed by atoms with Gasteiger partial charge in [-0.25, -0.2) is 0 Å². The normalized spacial score (nSPS) is 47.3. The first-order valence-electron chi connectivity index (χ1n) is 14.2. The molecule has 5 rings (SSSR count). The summed E-state index contributed by atoms with van der Waals surface area (Å²) in [5, 5.41) is 11.3. The maximum atomic E-state index is 13.0. The summed E-state index contributed by atoms with van der Waals surface area (Å²) < 4.78 is 11.1. The van der Waals surface area contributed by atoms with Crippen LogP contribution in [0.1, 0.15) is 86.0 Å². The molecule has 1 aliphatic heterocycles. The summed E-state index contributed by atoms with van der Waals surface area (Å²) in [6.07, 6.45) is 8.53. The van der Waals surface area contributed by atoms with Gasteiger partial charge < -0.3 is 14.6 Å². The van der Waals surface area contributed by atoms with Crippen molar-refractivity contribution in [3.8, 4) is 0 Å². The minimum atomic E-state index is -0.370. The van der Waals surface area contributed by atoms with E-state index in [4.69, 9.17) is 9.47 Å². The Labute approximate surface area is 211 Å². The molecule has 9 atom stereocenters. The van der Waals surface area contributed by atoms with Gasteiger partial charge in [-0.15, -0.1) is 0 Å². The zero-order valence-corrected chi connectivity index (χ0v) is 22.6. The molecule has 6 nitrogen and oxygen atoms in total. The zero-order valence-electron chi connectivity index (χ0n) is 22.6. The van der Waals surface area contributed by atoms with E-state index in [2.05, 4.69) is 32.6 Å². The molecule has 0 spiro atoms. The Morgan fingerprint density at radius 2 is 1.77 bits per heavy atom. The van der Waals surface area contributed by atoms with Gasteiger partial charge in [-0.1, -0.05) is 13.8 Å². The number of nitrogens with zero attached hydrogens (tertiary/aromatic N) is 1. The molecular weight excluding hydrogens is 442 g/mol. The number of aliphatic hydroxyl groups is 1. The van der Waals surface area contributed by atoms with Crippen LogP contribution in [0.5, 0.6) is 0 Å². The Kier molecular flexibility index (Phi) is 6.67. The highest BCUT2D eigenvalue weighted by molar-refractivity contribution is 5.85. The van der Waals surface area contributed by atoms with Gasteiger partial charge in [-0.2, -0.15) is 0 Å². The van der Waals surface area contributed by atoms with Crippen molar-refractivity contribution in [2.45, 2.75) is 104 Å².